The quantitative estimate of drug-likeness (QED) is 0.414. The average molecular weight is 430 g/mol. The minimum Gasteiger partial charge on any atom is -0.339 e. The van der Waals surface area contributed by atoms with Crippen LogP contribution in [0.25, 0.3) is 0 Å². The van der Waals surface area contributed by atoms with Crippen LogP contribution in [0.3, 0.4) is 0 Å². The van der Waals surface area contributed by atoms with Crippen molar-refractivity contribution < 1.29 is 0 Å². The number of hydrogen-bond donors (Lipinski definition) is 2. The first-order valence-electron chi connectivity index (χ1n) is 8.91. The van der Waals surface area contributed by atoms with Crippen LogP contribution in [0.5, 0.6) is 0 Å². The molecule has 0 saturated heterocycles. The molecule has 28 heavy (non-hydrogen) atoms. The van der Waals surface area contributed by atoms with E-state index in [9.17, 15) is 0 Å². The number of thiocarbonyl (C=S) groups is 1. The summed E-state index contributed by atoms with van der Waals surface area (Å²) in [5, 5.41) is 7.76. The summed E-state index contributed by atoms with van der Waals surface area (Å²) in [7, 11) is 0. The van der Waals surface area contributed by atoms with Crippen LogP contribution in [0.2, 0.25) is 10.0 Å². The van der Waals surface area contributed by atoms with Crippen molar-refractivity contribution >= 4 is 63.3 Å². The number of rotatable bonds is 5. The van der Waals surface area contributed by atoms with Gasteiger partial charge in [0, 0.05) is 28.8 Å². The molecule has 0 unspecified atom stereocenters. The van der Waals surface area contributed by atoms with Crippen LogP contribution >= 0.6 is 35.4 Å². The van der Waals surface area contributed by atoms with E-state index in [0.717, 1.165) is 22.7 Å². The lowest BCUT2D eigenvalue weighted by atomic mass is 10.2. The highest BCUT2D eigenvalue weighted by Gasteiger charge is 2.12. The molecule has 0 aromatic heterocycles. The van der Waals surface area contributed by atoms with Gasteiger partial charge in [-0.2, -0.15) is 0 Å². The summed E-state index contributed by atoms with van der Waals surface area (Å²) in [5.41, 5.74) is 3.96. The van der Waals surface area contributed by atoms with Gasteiger partial charge in [-0.05, 0) is 80.7 Å². The molecule has 0 heterocycles. The molecule has 0 aliphatic carbocycles. The molecular weight excluding hydrogens is 409 g/mol. The van der Waals surface area contributed by atoms with E-state index in [-0.39, 0.29) is 0 Å². The monoisotopic (exact) mass is 429 g/mol. The first-order chi connectivity index (χ1) is 13.4. The standard InChI is InChI=1S/C22H21Cl2N3S/c1-15(2)27(18-6-4-3-5-7-18)19-11-8-16(9-12-19)25-22(28)26-17-10-13-20(23)21(24)14-17/h3-15H,1-2H3,(H2,25,26,28). The predicted molar refractivity (Wildman–Crippen MR) is 126 cm³/mol. The largest absolute Gasteiger partial charge is 0.339 e. The molecule has 3 aromatic carbocycles. The Hall–Kier alpha value is -2.27. The number of halogens is 2. The van der Waals surface area contributed by atoms with E-state index in [1.165, 1.54) is 0 Å². The fraction of sp³-hybridized carbons (Fsp3) is 0.136. The summed E-state index contributed by atoms with van der Waals surface area (Å²) in [6.07, 6.45) is 0. The normalized spacial score (nSPS) is 10.6. The number of para-hydroxylation sites is 1. The van der Waals surface area contributed by atoms with Crippen molar-refractivity contribution in [3.63, 3.8) is 0 Å². The molecule has 3 rings (SSSR count). The van der Waals surface area contributed by atoms with Crippen molar-refractivity contribution in [2.24, 2.45) is 0 Å². The lowest BCUT2D eigenvalue weighted by molar-refractivity contribution is 0.789. The summed E-state index contributed by atoms with van der Waals surface area (Å²) in [5.74, 6) is 0. The van der Waals surface area contributed by atoms with Crippen molar-refractivity contribution in [1.29, 1.82) is 0 Å². The first kappa shape index (κ1) is 20.5. The van der Waals surface area contributed by atoms with Gasteiger partial charge in [0.15, 0.2) is 5.11 Å². The van der Waals surface area contributed by atoms with Crippen LogP contribution in [0, 0.1) is 0 Å². The van der Waals surface area contributed by atoms with Gasteiger partial charge in [0.25, 0.3) is 0 Å². The van der Waals surface area contributed by atoms with Crippen LogP contribution in [-0.4, -0.2) is 11.2 Å². The van der Waals surface area contributed by atoms with E-state index in [1.807, 2.05) is 36.4 Å². The second-order valence-electron chi connectivity index (χ2n) is 6.55. The van der Waals surface area contributed by atoms with E-state index < -0.39 is 0 Å². The Labute approximate surface area is 181 Å². The lowest BCUT2D eigenvalue weighted by Crippen LogP contribution is -2.25. The van der Waals surface area contributed by atoms with Crippen molar-refractivity contribution in [2.45, 2.75) is 19.9 Å². The Balaban J connectivity index is 1.69. The zero-order chi connectivity index (χ0) is 20.1. The molecule has 0 atom stereocenters. The van der Waals surface area contributed by atoms with E-state index in [0.29, 0.717) is 21.2 Å². The van der Waals surface area contributed by atoms with Gasteiger partial charge < -0.3 is 15.5 Å². The number of anilines is 4. The maximum atomic E-state index is 6.04. The molecule has 144 valence electrons. The molecular formula is C22H21Cl2N3S. The van der Waals surface area contributed by atoms with Gasteiger partial charge in [-0.15, -0.1) is 0 Å². The van der Waals surface area contributed by atoms with Gasteiger partial charge in [-0.25, -0.2) is 0 Å². The number of hydrogen-bond acceptors (Lipinski definition) is 2. The second kappa shape index (κ2) is 9.28. The summed E-state index contributed by atoms with van der Waals surface area (Å²) in [4.78, 5) is 2.29. The van der Waals surface area contributed by atoms with Gasteiger partial charge >= 0.3 is 0 Å². The van der Waals surface area contributed by atoms with Crippen molar-refractivity contribution in [3.05, 3.63) is 82.8 Å². The predicted octanol–water partition coefficient (Wildman–Crippen LogP) is 7.35. The lowest BCUT2D eigenvalue weighted by Gasteiger charge is -2.29. The molecule has 0 radical (unpaired) electrons. The zero-order valence-corrected chi connectivity index (χ0v) is 17.9. The van der Waals surface area contributed by atoms with Gasteiger partial charge in [0.05, 0.1) is 10.0 Å². The van der Waals surface area contributed by atoms with E-state index >= 15 is 0 Å². The average Bonchev–Trinajstić information content (AvgIpc) is 2.67. The van der Waals surface area contributed by atoms with Gasteiger partial charge in [-0.1, -0.05) is 41.4 Å². The molecule has 0 aliphatic rings. The minimum atomic E-state index is 0.332. The van der Waals surface area contributed by atoms with Gasteiger partial charge in [-0.3, -0.25) is 0 Å². The molecule has 0 aliphatic heterocycles. The summed E-state index contributed by atoms with van der Waals surface area (Å²) in [6, 6.07) is 24.2. The van der Waals surface area contributed by atoms with Gasteiger partial charge in [0.1, 0.15) is 0 Å². The molecule has 3 aromatic rings. The SMILES string of the molecule is CC(C)N(c1ccccc1)c1ccc(NC(=S)Nc2ccc(Cl)c(Cl)c2)cc1. The number of nitrogens with zero attached hydrogens (tertiary/aromatic N) is 1. The highest BCUT2D eigenvalue weighted by molar-refractivity contribution is 7.80. The zero-order valence-electron chi connectivity index (χ0n) is 15.6. The molecule has 6 heteroatoms. The molecule has 0 saturated carbocycles. The Morgan fingerprint density at radius 2 is 1.36 bits per heavy atom. The molecule has 3 nitrogen and oxygen atoms in total. The fourth-order valence-electron chi connectivity index (χ4n) is 2.91. The Kier molecular flexibility index (Phi) is 6.79. The first-order valence-corrected chi connectivity index (χ1v) is 10.1. The Morgan fingerprint density at radius 1 is 0.786 bits per heavy atom. The third-order valence-corrected chi connectivity index (χ3v) is 5.07. The highest BCUT2D eigenvalue weighted by Crippen LogP contribution is 2.29. The van der Waals surface area contributed by atoms with Crippen LogP contribution < -0.4 is 15.5 Å². The van der Waals surface area contributed by atoms with Crippen LogP contribution in [0.1, 0.15) is 13.8 Å². The summed E-state index contributed by atoms with van der Waals surface area (Å²) < 4.78 is 0. The maximum Gasteiger partial charge on any atom is 0.175 e. The minimum absolute atomic E-state index is 0.332. The van der Waals surface area contributed by atoms with E-state index in [2.05, 4.69) is 53.6 Å². The molecule has 2 N–H and O–H groups in total. The van der Waals surface area contributed by atoms with Crippen molar-refractivity contribution in [2.75, 3.05) is 15.5 Å². The van der Waals surface area contributed by atoms with Crippen molar-refractivity contribution in [3.8, 4) is 0 Å². The molecule has 0 bridgehead atoms. The third kappa shape index (κ3) is 5.16. The van der Waals surface area contributed by atoms with Crippen molar-refractivity contribution in [1.82, 2.24) is 0 Å². The smallest absolute Gasteiger partial charge is 0.175 e. The van der Waals surface area contributed by atoms with E-state index in [4.69, 9.17) is 35.4 Å². The van der Waals surface area contributed by atoms with Gasteiger partial charge in [0.2, 0.25) is 0 Å². The molecule has 0 fully saturated rings. The van der Waals surface area contributed by atoms with Crippen LogP contribution in [-0.2, 0) is 0 Å². The number of nitrogens with one attached hydrogen (secondary N) is 2. The van der Waals surface area contributed by atoms with E-state index in [1.54, 1.807) is 12.1 Å². The summed E-state index contributed by atoms with van der Waals surface area (Å²) >= 11 is 17.4. The van der Waals surface area contributed by atoms with Crippen LogP contribution in [0.4, 0.5) is 22.7 Å². The number of benzene rings is 3. The highest BCUT2D eigenvalue weighted by atomic mass is 35.5. The topological polar surface area (TPSA) is 27.3 Å². The molecule has 0 amide bonds. The summed E-state index contributed by atoms with van der Waals surface area (Å²) in [6.45, 7) is 4.35. The maximum absolute atomic E-state index is 6.04. The third-order valence-electron chi connectivity index (χ3n) is 4.13. The van der Waals surface area contributed by atoms with Crippen LogP contribution in [0.15, 0.2) is 72.8 Å². The fourth-order valence-corrected chi connectivity index (χ4v) is 3.44. The Morgan fingerprint density at radius 3 is 1.96 bits per heavy atom. The Bertz CT molecular complexity index is 944. The molecule has 0 spiro atoms. The second-order valence-corrected chi connectivity index (χ2v) is 7.78.